The summed E-state index contributed by atoms with van der Waals surface area (Å²) < 4.78 is 72.6. The number of amides is 1. The first-order valence-electron chi connectivity index (χ1n) is 11.1. The SMILES string of the molecule is O=C1CCN(S(=O)(=O)c2cccc(C(F)(F)F)c2)C[C@H]2C[C@@H](Oc3cnc(C4CC4)cn3)CN12. The fraction of sp³-hybridized carbons (Fsp3) is 0.500. The average molecular weight is 497 g/mol. The van der Waals surface area contributed by atoms with Gasteiger partial charge in [-0.25, -0.2) is 13.4 Å². The normalized spacial score (nSPS) is 24.1. The van der Waals surface area contributed by atoms with Gasteiger partial charge in [-0.1, -0.05) is 6.07 Å². The lowest BCUT2D eigenvalue weighted by Gasteiger charge is -2.25. The molecule has 3 aliphatic rings. The number of carbonyl (C=O) groups excluding carboxylic acids is 1. The highest BCUT2D eigenvalue weighted by Crippen LogP contribution is 2.39. The van der Waals surface area contributed by atoms with Gasteiger partial charge in [-0.3, -0.25) is 9.78 Å². The maximum Gasteiger partial charge on any atom is 0.416 e. The quantitative estimate of drug-likeness (QED) is 0.632. The molecule has 2 saturated heterocycles. The highest BCUT2D eigenvalue weighted by molar-refractivity contribution is 7.89. The van der Waals surface area contributed by atoms with Crippen LogP contribution in [0.15, 0.2) is 41.6 Å². The van der Waals surface area contributed by atoms with E-state index < -0.39 is 32.7 Å². The number of fused-ring (bicyclic) bond motifs is 1. The Labute approximate surface area is 194 Å². The van der Waals surface area contributed by atoms with Crippen molar-refractivity contribution in [2.45, 2.75) is 54.8 Å². The summed E-state index contributed by atoms with van der Waals surface area (Å²) in [7, 11) is -4.22. The lowest BCUT2D eigenvalue weighted by Crippen LogP contribution is -2.40. The molecule has 34 heavy (non-hydrogen) atoms. The van der Waals surface area contributed by atoms with E-state index in [-0.39, 0.29) is 38.1 Å². The molecular formula is C22H23F3N4O4S. The van der Waals surface area contributed by atoms with Crippen molar-refractivity contribution in [3.63, 3.8) is 0 Å². The second-order valence-corrected chi connectivity index (χ2v) is 10.8. The molecule has 1 aromatic carbocycles. The minimum absolute atomic E-state index is 0.0174. The number of hydrogen-bond donors (Lipinski definition) is 0. The van der Waals surface area contributed by atoms with Crippen LogP contribution in [0.5, 0.6) is 5.88 Å². The molecule has 1 aromatic heterocycles. The monoisotopic (exact) mass is 496 g/mol. The summed E-state index contributed by atoms with van der Waals surface area (Å²) in [6.45, 7) is 0.174. The van der Waals surface area contributed by atoms with E-state index in [1.165, 1.54) is 0 Å². The van der Waals surface area contributed by atoms with Crippen LogP contribution in [0.1, 0.15) is 42.9 Å². The summed E-state index contributed by atoms with van der Waals surface area (Å²) in [5.41, 5.74) is -0.109. The molecule has 1 aliphatic carbocycles. The minimum Gasteiger partial charge on any atom is -0.471 e. The third-order valence-corrected chi connectivity index (χ3v) is 8.28. The Kier molecular flexibility index (Phi) is 5.75. The van der Waals surface area contributed by atoms with Crippen molar-refractivity contribution in [3.8, 4) is 5.88 Å². The Bertz CT molecular complexity index is 1190. The van der Waals surface area contributed by atoms with Crippen LogP contribution < -0.4 is 4.74 Å². The van der Waals surface area contributed by atoms with Crippen molar-refractivity contribution in [1.82, 2.24) is 19.2 Å². The van der Waals surface area contributed by atoms with E-state index in [1.807, 2.05) is 0 Å². The number of aromatic nitrogens is 2. The van der Waals surface area contributed by atoms with Gasteiger partial charge in [-0.2, -0.15) is 17.5 Å². The van der Waals surface area contributed by atoms with Crippen LogP contribution in [0.4, 0.5) is 13.2 Å². The fourth-order valence-electron chi connectivity index (χ4n) is 4.48. The maximum atomic E-state index is 13.2. The highest BCUT2D eigenvalue weighted by atomic mass is 32.2. The summed E-state index contributed by atoms with van der Waals surface area (Å²) in [6, 6.07) is 3.22. The standard InChI is InChI=1S/C22H23F3N4O4S/c23-22(24,25)15-2-1-3-18(8-15)34(31,32)28-7-6-21(30)29-13-17(9-16(29)12-28)33-20-11-26-19(10-27-20)14-4-5-14/h1-3,8,10-11,14,16-17H,4-7,9,12-13H2/t16-,17-/m1/s1. The van der Waals surface area contributed by atoms with E-state index >= 15 is 0 Å². The Balaban J connectivity index is 1.30. The molecule has 2 aliphatic heterocycles. The number of halogens is 3. The Morgan fingerprint density at radius 1 is 1.09 bits per heavy atom. The van der Waals surface area contributed by atoms with E-state index in [1.54, 1.807) is 17.3 Å². The summed E-state index contributed by atoms with van der Waals surface area (Å²) in [6.07, 6.45) is 0.743. The molecule has 0 N–H and O–H groups in total. The van der Waals surface area contributed by atoms with Gasteiger partial charge in [0.25, 0.3) is 0 Å². The van der Waals surface area contributed by atoms with Crippen LogP contribution in [0.3, 0.4) is 0 Å². The molecule has 1 amide bonds. The summed E-state index contributed by atoms with van der Waals surface area (Å²) in [4.78, 5) is 22.5. The molecule has 8 nitrogen and oxygen atoms in total. The van der Waals surface area contributed by atoms with Crippen LogP contribution in [0, 0.1) is 0 Å². The van der Waals surface area contributed by atoms with Gasteiger partial charge in [-0.05, 0) is 31.0 Å². The largest absolute Gasteiger partial charge is 0.471 e. The minimum atomic E-state index is -4.66. The molecule has 2 atom stereocenters. The smallest absolute Gasteiger partial charge is 0.416 e. The van der Waals surface area contributed by atoms with Gasteiger partial charge in [0.05, 0.1) is 35.1 Å². The van der Waals surface area contributed by atoms with Gasteiger partial charge in [0.1, 0.15) is 6.10 Å². The van der Waals surface area contributed by atoms with Crippen molar-refractivity contribution in [2.75, 3.05) is 19.6 Å². The predicted molar refractivity (Wildman–Crippen MR) is 113 cm³/mol. The molecule has 0 radical (unpaired) electrons. The Morgan fingerprint density at radius 3 is 2.56 bits per heavy atom. The Morgan fingerprint density at radius 2 is 1.88 bits per heavy atom. The highest BCUT2D eigenvalue weighted by Gasteiger charge is 2.42. The lowest BCUT2D eigenvalue weighted by molar-refractivity contribution is -0.137. The van der Waals surface area contributed by atoms with Crippen molar-refractivity contribution < 1.29 is 31.1 Å². The molecule has 12 heteroatoms. The van der Waals surface area contributed by atoms with E-state index in [4.69, 9.17) is 4.74 Å². The number of sulfonamides is 1. The van der Waals surface area contributed by atoms with Crippen molar-refractivity contribution in [1.29, 1.82) is 0 Å². The summed E-state index contributed by atoms with van der Waals surface area (Å²) in [5.74, 6) is 0.592. The van der Waals surface area contributed by atoms with Crippen LogP contribution in [-0.2, 0) is 21.0 Å². The van der Waals surface area contributed by atoms with Crippen LogP contribution in [0.2, 0.25) is 0 Å². The molecule has 2 aromatic rings. The van der Waals surface area contributed by atoms with Crippen LogP contribution >= 0.6 is 0 Å². The number of benzene rings is 1. The fourth-order valence-corrected chi connectivity index (χ4v) is 6.00. The second kappa shape index (κ2) is 8.49. The molecule has 182 valence electrons. The van der Waals surface area contributed by atoms with Crippen LogP contribution in [-0.4, -0.2) is 65.3 Å². The van der Waals surface area contributed by atoms with E-state index in [0.717, 1.165) is 41.0 Å². The van der Waals surface area contributed by atoms with Crippen molar-refractivity contribution in [3.05, 3.63) is 47.9 Å². The van der Waals surface area contributed by atoms with Crippen molar-refractivity contribution in [2.24, 2.45) is 0 Å². The van der Waals surface area contributed by atoms with Crippen molar-refractivity contribution >= 4 is 15.9 Å². The third-order valence-electron chi connectivity index (χ3n) is 6.42. The molecule has 0 bridgehead atoms. The lowest BCUT2D eigenvalue weighted by atomic mass is 10.2. The van der Waals surface area contributed by atoms with Gasteiger partial charge in [0.2, 0.25) is 21.8 Å². The van der Waals surface area contributed by atoms with Crippen LogP contribution in [0.25, 0.3) is 0 Å². The zero-order valence-electron chi connectivity index (χ0n) is 18.1. The topological polar surface area (TPSA) is 92.7 Å². The van der Waals surface area contributed by atoms with E-state index in [0.29, 0.717) is 24.3 Å². The van der Waals surface area contributed by atoms with E-state index in [2.05, 4.69) is 9.97 Å². The molecule has 1 saturated carbocycles. The number of hydrogen-bond acceptors (Lipinski definition) is 6. The molecule has 5 rings (SSSR count). The van der Waals surface area contributed by atoms with Gasteiger partial charge >= 0.3 is 6.18 Å². The number of rotatable bonds is 5. The van der Waals surface area contributed by atoms with E-state index in [9.17, 15) is 26.4 Å². The first-order chi connectivity index (χ1) is 16.1. The van der Waals surface area contributed by atoms with Gasteiger partial charge in [0, 0.05) is 37.9 Å². The van der Waals surface area contributed by atoms with Gasteiger partial charge in [0.15, 0.2) is 0 Å². The first-order valence-corrected chi connectivity index (χ1v) is 12.5. The zero-order chi connectivity index (χ0) is 24.1. The molecule has 0 unspecified atom stereocenters. The number of nitrogens with zero attached hydrogens (tertiary/aromatic N) is 4. The predicted octanol–water partition coefficient (Wildman–Crippen LogP) is 2.82. The van der Waals surface area contributed by atoms with Gasteiger partial charge in [-0.15, -0.1) is 0 Å². The molecular weight excluding hydrogens is 473 g/mol. The molecule has 3 fully saturated rings. The van der Waals surface area contributed by atoms with Gasteiger partial charge < -0.3 is 9.64 Å². The molecule has 0 spiro atoms. The number of ether oxygens (including phenoxy) is 1. The number of carbonyl (C=O) groups is 1. The zero-order valence-corrected chi connectivity index (χ0v) is 18.9. The average Bonchev–Trinajstić information content (AvgIpc) is 3.59. The summed E-state index contributed by atoms with van der Waals surface area (Å²) in [5, 5.41) is 0. The summed E-state index contributed by atoms with van der Waals surface area (Å²) >= 11 is 0. The number of alkyl halides is 3. The Hall–Kier alpha value is -2.73. The maximum absolute atomic E-state index is 13.2. The molecule has 3 heterocycles. The second-order valence-electron chi connectivity index (χ2n) is 8.87. The third kappa shape index (κ3) is 4.61. The first kappa shape index (κ1) is 23.0.